The Morgan fingerprint density at radius 2 is 1.78 bits per heavy atom. The van der Waals surface area contributed by atoms with E-state index >= 15 is 0 Å². The maximum absolute atomic E-state index is 13.2. The monoisotopic (exact) mass is 438 g/mol. The van der Waals surface area contributed by atoms with Crippen molar-refractivity contribution in [2.45, 2.75) is 83.7 Å². The van der Waals surface area contributed by atoms with Crippen molar-refractivity contribution in [2.24, 2.45) is 29.1 Å². The Bertz CT molecular complexity index is 990. The molecule has 0 aromatic heterocycles. The van der Waals surface area contributed by atoms with Gasteiger partial charge < -0.3 is 14.2 Å². The Morgan fingerprint density at radius 3 is 2.56 bits per heavy atom. The maximum atomic E-state index is 13.2. The van der Waals surface area contributed by atoms with Gasteiger partial charge in [0.25, 0.3) is 0 Å². The third-order valence-electron chi connectivity index (χ3n) is 10.1. The van der Waals surface area contributed by atoms with E-state index in [2.05, 4.69) is 19.9 Å². The topological polar surface area (TPSA) is 61.8 Å². The summed E-state index contributed by atoms with van der Waals surface area (Å²) in [5.74, 6) is 0.251. The summed E-state index contributed by atoms with van der Waals surface area (Å²) in [4.78, 5) is 25.7. The lowest BCUT2D eigenvalue weighted by atomic mass is 9.50. The number of rotatable bonds is 1. The zero-order valence-corrected chi connectivity index (χ0v) is 19.6. The fourth-order valence-electron chi connectivity index (χ4n) is 8.18. The zero-order valence-electron chi connectivity index (χ0n) is 19.6. The minimum Gasteiger partial charge on any atom is -0.456 e. The molecule has 1 saturated carbocycles. The highest BCUT2D eigenvalue weighted by atomic mass is 16.7. The van der Waals surface area contributed by atoms with E-state index in [9.17, 15) is 9.59 Å². The summed E-state index contributed by atoms with van der Waals surface area (Å²) in [5.41, 5.74) is 2.05. The van der Waals surface area contributed by atoms with Gasteiger partial charge in [-0.15, -0.1) is 0 Å². The van der Waals surface area contributed by atoms with Crippen LogP contribution in [0.4, 0.5) is 0 Å². The van der Waals surface area contributed by atoms with E-state index in [0.717, 1.165) is 43.3 Å². The average Bonchev–Trinajstić information content (AvgIpc) is 2.92. The van der Waals surface area contributed by atoms with Crippen LogP contribution in [0.3, 0.4) is 0 Å². The molecule has 0 radical (unpaired) electrons. The van der Waals surface area contributed by atoms with Crippen molar-refractivity contribution in [3.8, 4) is 0 Å². The largest absolute Gasteiger partial charge is 0.456 e. The molecule has 0 amide bonds. The number of ether oxygens (including phenoxy) is 3. The number of fused-ring (bicyclic) bond motifs is 3. The summed E-state index contributed by atoms with van der Waals surface area (Å²) in [6.45, 7) is 8.83. The molecule has 32 heavy (non-hydrogen) atoms. The molecule has 2 unspecified atom stereocenters. The summed E-state index contributed by atoms with van der Waals surface area (Å²) in [6.07, 6.45) is 11.2. The minimum atomic E-state index is -0.691. The van der Waals surface area contributed by atoms with Crippen molar-refractivity contribution in [3.63, 3.8) is 0 Å². The molecule has 8 atom stereocenters. The van der Waals surface area contributed by atoms with Gasteiger partial charge in [-0.1, -0.05) is 23.3 Å². The predicted octanol–water partition coefficient (Wildman–Crippen LogP) is 4.67. The number of hydrogen-bond donors (Lipinski definition) is 0. The number of ketones is 1. The van der Waals surface area contributed by atoms with E-state index in [4.69, 9.17) is 14.2 Å². The van der Waals surface area contributed by atoms with Gasteiger partial charge in [0.15, 0.2) is 11.6 Å². The van der Waals surface area contributed by atoms with Gasteiger partial charge in [0.2, 0.25) is 0 Å². The van der Waals surface area contributed by atoms with Crippen LogP contribution in [-0.2, 0) is 23.8 Å². The van der Waals surface area contributed by atoms with Crippen molar-refractivity contribution >= 4 is 11.8 Å². The van der Waals surface area contributed by atoms with E-state index in [0.29, 0.717) is 18.9 Å². The molecule has 0 N–H and O–H groups in total. The smallest absolute Gasteiger partial charge is 0.334 e. The average molecular weight is 439 g/mol. The molecule has 172 valence electrons. The molecule has 3 fully saturated rings. The fraction of sp³-hybridized carbons (Fsp3) is 0.704. The molecular formula is C27H34O5. The first-order valence-electron chi connectivity index (χ1n) is 12.3. The Morgan fingerprint density at radius 1 is 1.00 bits per heavy atom. The second kappa shape index (κ2) is 6.66. The lowest BCUT2D eigenvalue weighted by Gasteiger charge is -2.57. The number of allylic oxidation sites excluding steroid dienone is 4. The van der Waals surface area contributed by atoms with Crippen LogP contribution in [0, 0.1) is 29.1 Å². The Balaban J connectivity index is 1.40. The molecule has 3 aliphatic heterocycles. The number of carbonyl (C=O) groups excluding carboxylic acids is 2. The highest BCUT2D eigenvalue weighted by Gasteiger charge is 2.72. The van der Waals surface area contributed by atoms with Crippen LogP contribution in [0.2, 0.25) is 0 Å². The van der Waals surface area contributed by atoms with Gasteiger partial charge in [0.05, 0.1) is 12.0 Å². The van der Waals surface area contributed by atoms with Gasteiger partial charge in [-0.05, 0) is 71.8 Å². The van der Waals surface area contributed by atoms with Crippen LogP contribution >= 0.6 is 0 Å². The van der Waals surface area contributed by atoms with Crippen LogP contribution in [0.5, 0.6) is 0 Å². The molecule has 3 aliphatic carbocycles. The third-order valence-corrected chi connectivity index (χ3v) is 10.1. The van der Waals surface area contributed by atoms with Crippen LogP contribution in [0.25, 0.3) is 0 Å². The van der Waals surface area contributed by atoms with Crippen molar-refractivity contribution in [3.05, 3.63) is 34.9 Å². The van der Waals surface area contributed by atoms with Gasteiger partial charge >= 0.3 is 5.97 Å². The Labute approximate surface area is 190 Å². The molecule has 2 bridgehead atoms. The van der Waals surface area contributed by atoms with Gasteiger partial charge in [-0.25, -0.2) is 4.79 Å². The van der Waals surface area contributed by atoms with Gasteiger partial charge in [-0.3, -0.25) is 4.79 Å². The molecule has 6 aliphatic rings. The second-order valence-electron chi connectivity index (χ2n) is 11.3. The SMILES string of the molecule is CC1=C(C)C(=O)O[C@@H](C2(C)O[C@]34OCC[C@H]2C3CC[C@H]2[C@H]4CC=C3CC=CC(=O)[C@@]32C)C1. The summed E-state index contributed by atoms with van der Waals surface area (Å²) in [6, 6.07) is 0. The first-order valence-corrected chi connectivity index (χ1v) is 12.3. The van der Waals surface area contributed by atoms with Crippen LogP contribution < -0.4 is 0 Å². The van der Waals surface area contributed by atoms with Crippen LogP contribution in [0.15, 0.2) is 34.9 Å². The lowest BCUT2D eigenvalue weighted by Crippen LogP contribution is -2.60. The Hall–Kier alpha value is -1.72. The number of cyclic esters (lactones) is 1. The van der Waals surface area contributed by atoms with E-state index in [1.54, 1.807) is 6.08 Å². The van der Waals surface area contributed by atoms with Crippen LogP contribution in [-0.4, -0.2) is 35.9 Å². The van der Waals surface area contributed by atoms with Gasteiger partial charge in [0, 0.05) is 29.7 Å². The van der Waals surface area contributed by atoms with Crippen molar-refractivity contribution in [2.75, 3.05) is 6.61 Å². The first-order chi connectivity index (χ1) is 15.2. The predicted molar refractivity (Wildman–Crippen MR) is 118 cm³/mol. The molecule has 6 rings (SSSR count). The number of esters is 1. The number of hydrogen-bond acceptors (Lipinski definition) is 5. The minimum absolute atomic E-state index is 0.146. The van der Waals surface area contributed by atoms with E-state index in [1.165, 1.54) is 5.57 Å². The van der Waals surface area contributed by atoms with Crippen molar-refractivity contribution in [1.82, 2.24) is 0 Å². The van der Waals surface area contributed by atoms with Gasteiger partial charge in [0.1, 0.15) is 11.7 Å². The molecular weight excluding hydrogens is 404 g/mol. The van der Waals surface area contributed by atoms with Gasteiger partial charge in [-0.2, -0.15) is 0 Å². The van der Waals surface area contributed by atoms with E-state index in [1.807, 2.05) is 19.9 Å². The fourth-order valence-corrected chi connectivity index (χ4v) is 8.18. The van der Waals surface area contributed by atoms with Crippen molar-refractivity contribution < 1.29 is 23.8 Å². The molecule has 2 saturated heterocycles. The third kappa shape index (κ3) is 2.42. The van der Waals surface area contributed by atoms with E-state index in [-0.39, 0.29) is 35.6 Å². The highest BCUT2D eigenvalue weighted by molar-refractivity contribution is 5.98. The lowest BCUT2D eigenvalue weighted by molar-refractivity contribution is -0.322. The molecule has 5 heteroatoms. The standard InChI is InChI=1S/C27H34O5/c1-15-14-23(31-24(29)16(15)2)26(4)19-12-13-30-27(32-26)20-9-8-17-6-5-7-22(28)25(17,3)18(20)10-11-21(19)27/h5,7-8,18-21,23H,6,9-14H2,1-4H3/t18-,19-,20+,21?,23+,25-,26?,27-/m0/s1. The maximum Gasteiger partial charge on any atom is 0.334 e. The first kappa shape index (κ1) is 20.9. The molecule has 0 aromatic carbocycles. The summed E-state index contributed by atoms with van der Waals surface area (Å²) < 4.78 is 19.7. The van der Waals surface area contributed by atoms with Crippen LogP contribution in [0.1, 0.15) is 66.2 Å². The summed E-state index contributed by atoms with van der Waals surface area (Å²) >= 11 is 0. The zero-order chi connectivity index (χ0) is 22.5. The Kier molecular flexibility index (Phi) is 4.34. The molecule has 3 heterocycles. The number of carbonyl (C=O) groups is 2. The quantitative estimate of drug-likeness (QED) is 0.440. The summed E-state index contributed by atoms with van der Waals surface area (Å²) in [5, 5.41) is 0. The molecule has 0 spiro atoms. The normalized spacial score (nSPS) is 49.8. The molecule has 5 nitrogen and oxygen atoms in total. The summed E-state index contributed by atoms with van der Waals surface area (Å²) in [7, 11) is 0. The second-order valence-corrected chi connectivity index (χ2v) is 11.3. The van der Waals surface area contributed by atoms with E-state index < -0.39 is 16.8 Å². The van der Waals surface area contributed by atoms with Crippen molar-refractivity contribution in [1.29, 1.82) is 0 Å². The molecule has 0 aromatic rings. The highest BCUT2D eigenvalue weighted by Crippen LogP contribution is 2.67.